The van der Waals surface area contributed by atoms with Gasteiger partial charge in [0.2, 0.25) is 0 Å². The molecule has 1 saturated heterocycles. The van der Waals surface area contributed by atoms with Crippen LogP contribution in [0.3, 0.4) is 0 Å². The van der Waals surface area contributed by atoms with E-state index in [-0.39, 0.29) is 0 Å². The van der Waals surface area contributed by atoms with Gasteiger partial charge in [0.1, 0.15) is 0 Å². The Labute approximate surface area is 115 Å². The van der Waals surface area contributed by atoms with Gasteiger partial charge in [0.15, 0.2) is 5.82 Å². The van der Waals surface area contributed by atoms with Gasteiger partial charge < -0.3 is 10.2 Å². The third kappa shape index (κ3) is 2.89. The van der Waals surface area contributed by atoms with Crippen LogP contribution in [0.15, 0.2) is 12.1 Å². The smallest absolute Gasteiger partial charge is 0.151 e. The summed E-state index contributed by atoms with van der Waals surface area (Å²) in [6.45, 7) is 3.33. The topological polar surface area (TPSA) is 41.0 Å². The Morgan fingerprint density at radius 2 is 2.11 bits per heavy atom. The average molecular weight is 260 g/mol. The summed E-state index contributed by atoms with van der Waals surface area (Å²) in [7, 11) is 2.03. The Kier molecular flexibility index (Phi) is 3.97. The second kappa shape index (κ2) is 5.87. The van der Waals surface area contributed by atoms with Crippen molar-refractivity contribution in [3.8, 4) is 0 Å². The number of nitrogens with one attached hydrogen (secondary N) is 1. The van der Waals surface area contributed by atoms with Crippen LogP contribution in [0.1, 0.15) is 43.7 Å². The fraction of sp³-hybridized carbons (Fsp3) is 0.733. The first-order chi connectivity index (χ1) is 9.36. The van der Waals surface area contributed by atoms with Crippen LogP contribution >= 0.6 is 0 Å². The van der Waals surface area contributed by atoms with Gasteiger partial charge in [-0.15, -0.1) is 5.10 Å². The first kappa shape index (κ1) is 12.9. The van der Waals surface area contributed by atoms with Crippen LogP contribution in [0.2, 0.25) is 0 Å². The number of anilines is 1. The lowest BCUT2D eigenvalue weighted by atomic mass is 9.83. The van der Waals surface area contributed by atoms with Crippen molar-refractivity contribution in [1.82, 2.24) is 15.5 Å². The van der Waals surface area contributed by atoms with E-state index >= 15 is 0 Å². The Morgan fingerprint density at radius 1 is 1.21 bits per heavy atom. The van der Waals surface area contributed by atoms with Crippen LogP contribution in [-0.4, -0.2) is 36.9 Å². The molecule has 1 aliphatic carbocycles. The predicted molar refractivity (Wildman–Crippen MR) is 77.5 cm³/mol. The summed E-state index contributed by atoms with van der Waals surface area (Å²) in [6, 6.07) is 4.36. The van der Waals surface area contributed by atoms with E-state index in [9.17, 15) is 0 Å². The fourth-order valence-electron chi connectivity index (χ4n) is 3.15. The Hall–Kier alpha value is -1.16. The lowest BCUT2D eigenvalue weighted by Gasteiger charge is -2.33. The molecule has 2 fully saturated rings. The minimum atomic E-state index is 0.681. The number of hydrogen-bond donors (Lipinski definition) is 1. The Bertz CT molecular complexity index is 397. The van der Waals surface area contributed by atoms with Gasteiger partial charge in [0.25, 0.3) is 0 Å². The number of aromatic nitrogens is 2. The molecule has 1 saturated carbocycles. The maximum Gasteiger partial charge on any atom is 0.151 e. The minimum Gasteiger partial charge on any atom is -0.355 e. The van der Waals surface area contributed by atoms with E-state index in [1.807, 2.05) is 7.05 Å². The van der Waals surface area contributed by atoms with E-state index in [2.05, 4.69) is 32.5 Å². The number of hydrogen-bond acceptors (Lipinski definition) is 4. The van der Waals surface area contributed by atoms with Crippen LogP contribution in [0.25, 0.3) is 0 Å². The molecule has 3 rings (SSSR count). The fourth-order valence-corrected chi connectivity index (χ4v) is 3.15. The van der Waals surface area contributed by atoms with Gasteiger partial charge in [-0.1, -0.05) is 6.42 Å². The van der Waals surface area contributed by atoms with E-state index < -0.39 is 0 Å². The SMILES string of the molecule is CNCC1CCCN(c2ccc(C3CCC3)nn2)C1. The van der Waals surface area contributed by atoms with Crippen LogP contribution in [0, 0.1) is 5.92 Å². The third-order valence-electron chi connectivity index (χ3n) is 4.53. The highest BCUT2D eigenvalue weighted by atomic mass is 15.3. The lowest BCUT2D eigenvalue weighted by Crippen LogP contribution is -2.39. The van der Waals surface area contributed by atoms with E-state index in [1.165, 1.54) is 37.8 Å². The molecule has 1 aromatic rings. The first-order valence-electron chi connectivity index (χ1n) is 7.60. The van der Waals surface area contributed by atoms with Gasteiger partial charge in [-0.05, 0) is 57.3 Å². The molecule has 2 aliphatic rings. The number of nitrogens with zero attached hydrogens (tertiary/aromatic N) is 3. The molecule has 0 bridgehead atoms. The van der Waals surface area contributed by atoms with Gasteiger partial charge in [0.05, 0.1) is 5.69 Å². The van der Waals surface area contributed by atoms with E-state index in [0.29, 0.717) is 5.92 Å². The molecular formula is C15H24N4. The summed E-state index contributed by atoms with van der Waals surface area (Å²) in [5.41, 5.74) is 1.19. The van der Waals surface area contributed by atoms with Crippen molar-refractivity contribution in [3.05, 3.63) is 17.8 Å². The maximum atomic E-state index is 4.46. The van der Waals surface area contributed by atoms with Gasteiger partial charge >= 0.3 is 0 Å². The summed E-state index contributed by atoms with van der Waals surface area (Å²) in [5.74, 6) is 2.48. The third-order valence-corrected chi connectivity index (χ3v) is 4.53. The molecule has 1 aliphatic heterocycles. The van der Waals surface area contributed by atoms with Crippen molar-refractivity contribution in [2.75, 3.05) is 31.6 Å². The molecule has 1 N–H and O–H groups in total. The molecule has 4 heteroatoms. The number of piperidine rings is 1. The molecule has 0 spiro atoms. The van der Waals surface area contributed by atoms with Crippen molar-refractivity contribution in [1.29, 1.82) is 0 Å². The molecular weight excluding hydrogens is 236 g/mol. The zero-order valence-electron chi connectivity index (χ0n) is 11.8. The first-order valence-corrected chi connectivity index (χ1v) is 7.60. The molecule has 1 unspecified atom stereocenters. The molecule has 19 heavy (non-hydrogen) atoms. The minimum absolute atomic E-state index is 0.681. The van der Waals surface area contributed by atoms with E-state index in [1.54, 1.807) is 0 Å². The highest BCUT2D eigenvalue weighted by Gasteiger charge is 2.23. The van der Waals surface area contributed by atoms with Crippen molar-refractivity contribution >= 4 is 5.82 Å². The molecule has 4 nitrogen and oxygen atoms in total. The normalized spacial score (nSPS) is 24.3. The zero-order chi connectivity index (χ0) is 13.1. The molecule has 0 aromatic carbocycles. The van der Waals surface area contributed by atoms with Gasteiger partial charge in [0, 0.05) is 19.0 Å². The summed E-state index contributed by atoms with van der Waals surface area (Å²) in [6.07, 6.45) is 6.53. The quantitative estimate of drug-likeness (QED) is 0.901. The zero-order valence-corrected chi connectivity index (χ0v) is 11.8. The Morgan fingerprint density at radius 3 is 2.74 bits per heavy atom. The summed E-state index contributed by atoms with van der Waals surface area (Å²) < 4.78 is 0. The van der Waals surface area contributed by atoms with Crippen molar-refractivity contribution in [2.24, 2.45) is 5.92 Å². The van der Waals surface area contributed by atoms with Gasteiger partial charge in [-0.25, -0.2) is 0 Å². The molecule has 0 amide bonds. The van der Waals surface area contributed by atoms with Crippen molar-refractivity contribution in [2.45, 2.75) is 38.0 Å². The van der Waals surface area contributed by atoms with Crippen LogP contribution in [0.5, 0.6) is 0 Å². The second-order valence-corrected chi connectivity index (χ2v) is 5.96. The van der Waals surface area contributed by atoms with Crippen molar-refractivity contribution < 1.29 is 0 Å². The monoisotopic (exact) mass is 260 g/mol. The molecule has 0 radical (unpaired) electrons. The average Bonchev–Trinajstić information content (AvgIpc) is 2.38. The van der Waals surface area contributed by atoms with Gasteiger partial charge in [-0.3, -0.25) is 0 Å². The highest BCUT2D eigenvalue weighted by Crippen LogP contribution is 2.35. The summed E-state index contributed by atoms with van der Waals surface area (Å²) in [5, 5.41) is 12.2. The summed E-state index contributed by atoms with van der Waals surface area (Å²) in [4.78, 5) is 2.39. The lowest BCUT2D eigenvalue weighted by molar-refractivity contribution is 0.397. The Balaban J connectivity index is 1.64. The maximum absolute atomic E-state index is 4.46. The second-order valence-electron chi connectivity index (χ2n) is 5.96. The largest absolute Gasteiger partial charge is 0.355 e. The van der Waals surface area contributed by atoms with Crippen LogP contribution in [0.4, 0.5) is 5.82 Å². The standard InChI is InChI=1S/C15H24N4/c1-16-10-12-4-3-9-19(11-12)15-8-7-14(17-18-15)13-5-2-6-13/h7-8,12-13,16H,2-6,9-11H2,1H3. The van der Waals surface area contributed by atoms with Crippen LogP contribution < -0.4 is 10.2 Å². The molecule has 104 valence electrons. The highest BCUT2D eigenvalue weighted by molar-refractivity contribution is 5.38. The molecule has 1 atom stereocenters. The molecule has 1 aromatic heterocycles. The van der Waals surface area contributed by atoms with Crippen LogP contribution in [-0.2, 0) is 0 Å². The van der Waals surface area contributed by atoms with Gasteiger partial charge in [-0.2, -0.15) is 5.10 Å². The van der Waals surface area contributed by atoms with Crippen molar-refractivity contribution in [3.63, 3.8) is 0 Å². The predicted octanol–water partition coefficient (Wildman–Crippen LogP) is 2.18. The molecule has 2 heterocycles. The summed E-state index contributed by atoms with van der Waals surface area (Å²) >= 11 is 0. The number of rotatable bonds is 4. The van der Waals surface area contributed by atoms with E-state index in [0.717, 1.165) is 31.4 Å². The van der Waals surface area contributed by atoms with E-state index in [4.69, 9.17) is 0 Å².